The van der Waals surface area contributed by atoms with Crippen molar-refractivity contribution in [1.82, 2.24) is 0 Å². The van der Waals surface area contributed by atoms with Crippen molar-refractivity contribution >= 4 is 16.1 Å². The highest BCUT2D eigenvalue weighted by atomic mass is 32.2. The van der Waals surface area contributed by atoms with E-state index in [2.05, 4.69) is 11.3 Å². The summed E-state index contributed by atoms with van der Waals surface area (Å²) in [5.41, 5.74) is 0. The van der Waals surface area contributed by atoms with Gasteiger partial charge in [-0.15, -0.1) is 0 Å². The maximum atomic E-state index is 10.00. The second-order valence-electron chi connectivity index (χ2n) is 2.96. The first-order valence-electron chi connectivity index (χ1n) is 3.58. The van der Waals surface area contributed by atoms with Crippen LogP contribution < -0.4 is 0 Å². The Hall–Kier alpha value is -0.880. The van der Waals surface area contributed by atoms with Gasteiger partial charge >= 0.3 is 5.97 Å². The molecule has 1 heterocycles. The highest BCUT2D eigenvalue weighted by Crippen LogP contribution is 2.11. The molecule has 0 aromatic carbocycles. The molecule has 1 fully saturated rings. The molecule has 76 valence electrons. The Morgan fingerprint density at radius 1 is 1.54 bits per heavy atom. The molecule has 0 unspecified atom stereocenters. The van der Waals surface area contributed by atoms with Crippen LogP contribution >= 0.6 is 0 Å². The molecule has 1 rings (SSSR count). The van der Waals surface area contributed by atoms with Gasteiger partial charge in [-0.3, -0.25) is 4.55 Å². The van der Waals surface area contributed by atoms with Crippen LogP contribution in [-0.4, -0.2) is 24.7 Å². The van der Waals surface area contributed by atoms with E-state index in [-0.39, 0.29) is 23.4 Å². The maximum Gasteiger partial charge on any atom is 0.379 e. The van der Waals surface area contributed by atoms with Crippen LogP contribution in [0.2, 0.25) is 0 Å². The number of carbonyl (C=O) groups excluding carboxylic acids is 1. The van der Waals surface area contributed by atoms with E-state index in [0.717, 1.165) is 0 Å². The van der Waals surface area contributed by atoms with Gasteiger partial charge < -0.3 is 4.74 Å². The smallest absolute Gasteiger partial charge is 0.379 e. The second-order valence-corrected chi connectivity index (χ2v) is 4.45. The first kappa shape index (κ1) is 12.1. The zero-order valence-corrected chi connectivity index (χ0v) is 8.30. The Balaban J connectivity index is 0.000000243. The van der Waals surface area contributed by atoms with Gasteiger partial charge in [0.25, 0.3) is 10.1 Å². The monoisotopic (exact) mass is 208 g/mol. The highest BCUT2D eigenvalue weighted by molar-refractivity contribution is 7.85. The van der Waals surface area contributed by atoms with Crippen molar-refractivity contribution in [3.8, 4) is 0 Å². The predicted molar refractivity (Wildman–Crippen MR) is 46.5 cm³/mol. The van der Waals surface area contributed by atoms with Crippen LogP contribution in [0, 0.1) is 5.92 Å². The van der Waals surface area contributed by atoms with E-state index >= 15 is 0 Å². The van der Waals surface area contributed by atoms with Crippen LogP contribution in [0.3, 0.4) is 0 Å². The molecule has 0 saturated carbocycles. The summed E-state index contributed by atoms with van der Waals surface area (Å²) in [6.45, 7) is 6.64. The lowest BCUT2D eigenvalue weighted by Gasteiger charge is -1.97. The molecule has 0 aromatic rings. The molecule has 1 aliphatic rings. The molecule has 0 radical (unpaired) electrons. The lowest BCUT2D eigenvalue weighted by molar-refractivity contribution is -0.117. The minimum absolute atomic E-state index is 0.00463. The molecular weight excluding hydrogens is 196 g/mol. The predicted octanol–water partition coefficient (Wildman–Crippen LogP) is 0.587. The van der Waals surface area contributed by atoms with E-state index in [1.165, 1.54) is 0 Å². The van der Waals surface area contributed by atoms with E-state index in [4.69, 9.17) is 4.55 Å². The van der Waals surface area contributed by atoms with Gasteiger partial charge in [-0.2, -0.15) is 8.42 Å². The van der Waals surface area contributed by atoms with Crippen LogP contribution in [0.4, 0.5) is 0 Å². The Kier molecular flexibility index (Phi) is 4.09. The molecule has 0 atom stereocenters. The third-order valence-electron chi connectivity index (χ3n) is 0.946. The Bertz CT molecular complexity index is 289. The lowest BCUT2D eigenvalue weighted by atomic mass is 10.3. The molecule has 1 N–H and O–H groups in total. The van der Waals surface area contributed by atoms with Crippen molar-refractivity contribution < 1.29 is 22.5 Å². The highest BCUT2D eigenvalue weighted by Gasteiger charge is 2.26. The molecule has 0 aromatic heterocycles. The van der Waals surface area contributed by atoms with Gasteiger partial charge in [-0.25, -0.2) is 4.79 Å². The van der Waals surface area contributed by atoms with Gasteiger partial charge in [0.1, 0.15) is 0 Å². The summed E-state index contributed by atoms with van der Waals surface area (Å²) >= 11 is 0. The topological polar surface area (TPSA) is 84.0 Å². The number of ether oxygens (including phenoxy) is 1. The summed E-state index contributed by atoms with van der Waals surface area (Å²) in [4.78, 5) is 9.56. The van der Waals surface area contributed by atoms with Gasteiger partial charge in [0.05, 0.1) is 5.75 Å². The van der Waals surface area contributed by atoms with Gasteiger partial charge in [0.15, 0.2) is 0 Å². The molecule has 0 aliphatic carbocycles. The summed E-state index contributed by atoms with van der Waals surface area (Å²) in [6, 6.07) is 0. The summed E-state index contributed by atoms with van der Waals surface area (Å²) in [7, 11) is -3.72. The van der Waals surface area contributed by atoms with E-state index in [1.807, 2.05) is 0 Å². The molecule has 0 spiro atoms. The molecule has 6 heteroatoms. The lowest BCUT2D eigenvalue weighted by Crippen LogP contribution is -2.09. The first-order chi connectivity index (χ1) is 5.72. The molecule has 1 aliphatic heterocycles. The van der Waals surface area contributed by atoms with Crippen molar-refractivity contribution in [3.63, 3.8) is 0 Å². The fourth-order valence-electron chi connectivity index (χ4n) is 0.508. The van der Waals surface area contributed by atoms with E-state index in [1.54, 1.807) is 13.8 Å². The minimum Gasteiger partial charge on any atom is -0.414 e. The molecular formula is C7H12O5S. The van der Waals surface area contributed by atoms with E-state index in [9.17, 15) is 13.2 Å². The first-order valence-corrected chi connectivity index (χ1v) is 5.19. The van der Waals surface area contributed by atoms with E-state index < -0.39 is 10.1 Å². The number of carbonyl (C=O) groups is 1. The third kappa shape index (κ3) is 9.03. The number of epoxide rings is 1. The van der Waals surface area contributed by atoms with Gasteiger partial charge in [-0.05, 0) is 12.5 Å². The SMILES string of the molecule is C=C1OC1=O.CC(C)CS(=O)(=O)O. The summed E-state index contributed by atoms with van der Waals surface area (Å²) in [5, 5.41) is 0. The summed E-state index contributed by atoms with van der Waals surface area (Å²) < 4.78 is 32.2. The number of hydrogen-bond donors (Lipinski definition) is 1. The molecule has 0 amide bonds. The van der Waals surface area contributed by atoms with Crippen LogP contribution in [0.5, 0.6) is 0 Å². The zero-order valence-electron chi connectivity index (χ0n) is 7.48. The molecule has 5 nitrogen and oxygen atoms in total. The van der Waals surface area contributed by atoms with Crippen molar-refractivity contribution in [2.24, 2.45) is 5.92 Å². The Morgan fingerprint density at radius 2 is 1.85 bits per heavy atom. The van der Waals surface area contributed by atoms with Crippen LogP contribution in [0.25, 0.3) is 0 Å². The Labute approximate surface area is 77.1 Å². The Morgan fingerprint density at radius 3 is 1.85 bits per heavy atom. The van der Waals surface area contributed by atoms with Crippen LogP contribution in [0.1, 0.15) is 13.8 Å². The fourth-order valence-corrected chi connectivity index (χ4v) is 1.35. The average Bonchev–Trinajstić information content (AvgIpc) is 2.38. The molecule has 0 bridgehead atoms. The van der Waals surface area contributed by atoms with E-state index in [0.29, 0.717) is 0 Å². The van der Waals surface area contributed by atoms with Crippen LogP contribution in [-0.2, 0) is 19.6 Å². The standard InChI is InChI=1S/C4H10O3S.C3H2O2/c1-4(2)3-8(5,6)7;1-2-3(4)5-2/h4H,3H2,1-2H3,(H,5,6,7);1H2. The second kappa shape index (κ2) is 4.38. The molecule has 1 saturated heterocycles. The largest absolute Gasteiger partial charge is 0.414 e. The third-order valence-corrected chi connectivity index (χ3v) is 2.03. The van der Waals surface area contributed by atoms with Crippen molar-refractivity contribution in [1.29, 1.82) is 0 Å². The van der Waals surface area contributed by atoms with Gasteiger partial charge in [-0.1, -0.05) is 13.8 Å². The average molecular weight is 208 g/mol. The quantitative estimate of drug-likeness (QED) is 0.408. The maximum absolute atomic E-state index is 10.00. The summed E-state index contributed by atoms with van der Waals surface area (Å²) in [5.74, 6) is -0.132. The normalized spacial score (nSPS) is 14.8. The van der Waals surface area contributed by atoms with Gasteiger partial charge in [0.2, 0.25) is 5.76 Å². The molecule has 13 heavy (non-hydrogen) atoms. The zero-order chi connectivity index (χ0) is 10.6. The van der Waals surface area contributed by atoms with Crippen LogP contribution in [0.15, 0.2) is 12.3 Å². The van der Waals surface area contributed by atoms with Crippen molar-refractivity contribution in [2.75, 3.05) is 5.75 Å². The summed E-state index contributed by atoms with van der Waals surface area (Å²) in [6.07, 6.45) is 0. The number of rotatable bonds is 2. The van der Waals surface area contributed by atoms with Crippen molar-refractivity contribution in [3.05, 3.63) is 12.3 Å². The number of cyclic esters (lactones) is 1. The fraction of sp³-hybridized carbons (Fsp3) is 0.571. The number of hydrogen-bond acceptors (Lipinski definition) is 4. The minimum atomic E-state index is -3.72. The van der Waals surface area contributed by atoms with Gasteiger partial charge in [0, 0.05) is 0 Å². The van der Waals surface area contributed by atoms with Crippen molar-refractivity contribution in [2.45, 2.75) is 13.8 Å².